The van der Waals surface area contributed by atoms with E-state index in [4.69, 9.17) is 0 Å². The van der Waals surface area contributed by atoms with Crippen molar-refractivity contribution in [2.75, 3.05) is 0 Å². The molecule has 2 rings (SSSR count). The summed E-state index contributed by atoms with van der Waals surface area (Å²) in [6.07, 6.45) is 0. The summed E-state index contributed by atoms with van der Waals surface area (Å²) in [5.74, 6) is 0. The van der Waals surface area contributed by atoms with Crippen molar-refractivity contribution in [3.05, 3.63) is 59.7 Å². The highest BCUT2D eigenvalue weighted by atomic mass is 32.2. The van der Waals surface area contributed by atoms with Gasteiger partial charge in [0.15, 0.2) is 0 Å². The van der Waals surface area contributed by atoms with E-state index in [9.17, 15) is 0 Å². The minimum Gasteiger partial charge on any atom is -0.115 e. The van der Waals surface area contributed by atoms with Crippen LogP contribution in [0.2, 0.25) is 11.1 Å². The van der Waals surface area contributed by atoms with Gasteiger partial charge in [-0.15, -0.1) is 23.5 Å². The second-order valence-electron chi connectivity index (χ2n) is 7.30. The van der Waals surface area contributed by atoms with Crippen molar-refractivity contribution in [3.8, 4) is 0 Å². The van der Waals surface area contributed by atoms with E-state index < -0.39 is 8.80 Å². The summed E-state index contributed by atoms with van der Waals surface area (Å²) < 4.78 is 0.662. The van der Waals surface area contributed by atoms with Crippen molar-refractivity contribution in [1.29, 1.82) is 0 Å². The van der Waals surface area contributed by atoms with Crippen molar-refractivity contribution < 1.29 is 0 Å². The fourth-order valence-electron chi connectivity index (χ4n) is 3.08. The summed E-state index contributed by atoms with van der Waals surface area (Å²) in [5.41, 5.74) is 4.30. The molecule has 0 aliphatic carbocycles. The molecule has 0 aromatic heterocycles. The van der Waals surface area contributed by atoms with Crippen LogP contribution in [0.5, 0.6) is 0 Å². The summed E-state index contributed by atoms with van der Waals surface area (Å²) in [7, 11) is -0.934. The van der Waals surface area contributed by atoms with Gasteiger partial charge in [0.1, 0.15) is 0 Å². The average molecular weight is 375 g/mol. The van der Waals surface area contributed by atoms with Gasteiger partial charge in [-0.1, -0.05) is 74.2 Å². The Morgan fingerprint density at radius 2 is 0.958 bits per heavy atom. The SMILES string of the molecule is Cc1ccc(SC(Sc2ccc(C)cc2)[SiH](C(C)C)C(C)C)cc1. The first-order valence-electron chi connectivity index (χ1n) is 8.83. The molecule has 0 saturated heterocycles. The number of aryl methyl sites for hydroxylation is 2. The molecular formula is C21H30S2Si. The maximum atomic E-state index is 2.43. The van der Waals surface area contributed by atoms with E-state index in [2.05, 4.69) is 114 Å². The first kappa shape index (κ1) is 19.7. The summed E-state index contributed by atoms with van der Waals surface area (Å²) in [6.45, 7) is 14.0. The van der Waals surface area contributed by atoms with Crippen LogP contribution in [-0.4, -0.2) is 13.0 Å². The normalized spacial score (nSPS) is 11.9. The number of hydrogen-bond donors (Lipinski definition) is 0. The van der Waals surface area contributed by atoms with Gasteiger partial charge in [0.2, 0.25) is 0 Å². The lowest BCUT2D eigenvalue weighted by Gasteiger charge is -2.31. The minimum absolute atomic E-state index is 0.662. The molecule has 3 heteroatoms. The van der Waals surface area contributed by atoms with E-state index in [1.54, 1.807) is 0 Å². The average Bonchev–Trinajstić information content (AvgIpc) is 2.51. The summed E-state index contributed by atoms with van der Waals surface area (Å²) in [4.78, 5) is 2.81. The van der Waals surface area contributed by atoms with Crippen molar-refractivity contribution >= 4 is 32.3 Å². The van der Waals surface area contributed by atoms with Gasteiger partial charge in [-0.25, -0.2) is 0 Å². The van der Waals surface area contributed by atoms with Crippen LogP contribution in [0.25, 0.3) is 0 Å². The molecule has 0 nitrogen and oxygen atoms in total. The lowest BCUT2D eigenvalue weighted by molar-refractivity contribution is 0.935. The van der Waals surface area contributed by atoms with Crippen molar-refractivity contribution in [3.63, 3.8) is 0 Å². The van der Waals surface area contributed by atoms with E-state index in [0.29, 0.717) is 4.21 Å². The van der Waals surface area contributed by atoms with E-state index in [0.717, 1.165) is 11.1 Å². The standard InChI is InChI=1S/C21H30S2Si/c1-15(2)24(16(3)4)21(22-19-11-7-17(5)8-12-19)23-20-13-9-18(6)10-14-20/h7-16,21,24H,1-6H3. The van der Waals surface area contributed by atoms with Crippen LogP contribution in [0.3, 0.4) is 0 Å². The Bertz CT molecular complexity index is 562. The molecule has 0 heterocycles. The molecular weight excluding hydrogens is 344 g/mol. The lowest BCUT2D eigenvalue weighted by atomic mass is 10.2. The van der Waals surface area contributed by atoms with Gasteiger partial charge in [0.05, 0.1) is 8.80 Å². The molecule has 0 radical (unpaired) electrons. The summed E-state index contributed by atoms with van der Waals surface area (Å²) in [6, 6.07) is 18.1. The maximum Gasteiger partial charge on any atom is 0.0704 e. The Morgan fingerprint density at radius 1 is 0.625 bits per heavy atom. The molecule has 0 bridgehead atoms. The van der Waals surface area contributed by atoms with E-state index in [-0.39, 0.29) is 0 Å². The molecule has 0 aliphatic rings. The molecule has 0 saturated carbocycles. The topological polar surface area (TPSA) is 0 Å². The Morgan fingerprint density at radius 3 is 1.25 bits per heavy atom. The smallest absolute Gasteiger partial charge is 0.0704 e. The van der Waals surface area contributed by atoms with Gasteiger partial charge >= 0.3 is 0 Å². The first-order valence-corrected chi connectivity index (χ1v) is 12.6. The van der Waals surface area contributed by atoms with Crippen molar-refractivity contribution in [2.24, 2.45) is 0 Å². The lowest BCUT2D eigenvalue weighted by Crippen LogP contribution is -2.32. The van der Waals surface area contributed by atoms with Crippen LogP contribution in [0.15, 0.2) is 58.3 Å². The fourth-order valence-corrected chi connectivity index (χ4v) is 13.8. The molecule has 0 fully saturated rings. The second-order valence-corrected chi connectivity index (χ2v) is 15.5. The molecule has 0 N–H and O–H groups in total. The molecule has 0 unspecified atom stereocenters. The Labute approximate surface area is 158 Å². The van der Waals surface area contributed by atoms with Crippen LogP contribution < -0.4 is 0 Å². The van der Waals surface area contributed by atoms with Gasteiger partial charge < -0.3 is 0 Å². The number of benzene rings is 2. The van der Waals surface area contributed by atoms with Gasteiger partial charge in [-0.2, -0.15) is 0 Å². The highest BCUT2D eigenvalue weighted by Gasteiger charge is 2.30. The monoisotopic (exact) mass is 374 g/mol. The van der Waals surface area contributed by atoms with Crippen molar-refractivity contribution in [2.45, 2.75) is 66.6 Å². The van der Waals surface area contributed by atoms with Crippen LogP contribution in [0.1, 0.15) is 38.8 Å². The highest BCUT2D eigenvalue weighted by molar-refractivity contribution is 8.19. The fraction of sp³-hybridized carbons (Fsp3) is 0.429. The summed E-state index contributed by atoms with van der Waals surface area (Å²) >= 11 is 4.17. The van der Waals surface area contributed by atoms with Gasteiger partial charge in [-0.3, -0.25) is 0 Å². The maximum absolute atomic E-state index is 2.43. The molecule has 0 aliphatic heterocycles. The number of rotatable bonds is 7. The van der Waals surface area contributed by atoms with Gasteiger partial charge in [0, 0.05) is 14.0 Å². The third-order valence-corrected chi connectivity index (χ3v) is 12.9. The zero-order chi connectivity index (χ0) is 17.7. The van der Waals surface area contributed by atoms with Crippen LogP contribution in [0, 0.1) is 13.8 Å². The van der Waals surface area contributed by atoms with E-state index in [1.165, 1.54) is 20.9 Å². The molecule has 2 aromatic rings. The molecule has 0 amide bonds. The van der Waals surface area contributed by atoms with Gasteiger partial charge in [0.25, 0.3) is 0 Å². The second kappa shape index (κ2) is 9.16. The highest BCUT2D eigenvalue weighted by Crippen LogP contribution is 2.42. The van der Waals surface area contributed by atoms with E-state index in [1.807, 2.05) is 0 Å². The zero-order valence-corrected chi connectivity index (χ0v) is 18.5. The Balaban J connectivity index is 2.25. The van der Waals surface area contributed by atoms with Gasteiger partial charge in [-0.05, 0) is 38.1 Å². The Hall–Kier alpha value is -0.643. The molecule has 0 spiro atoms. The molecule has 130 valence electrons. The third kappa shape index (κ3) is 5.71. The van der Waals surface area contributed by atoms with Crippen LogP contribution in [0.4, 0.5) is 0 Å². The Kier molecular flexibility index (Phi) is 7.51. The van der Waals surface area contributed by atoms with Crippen molar-refractivity contribution in [1.82, 2.24) is 0 Å². The number of thioether (sulfide) groups is 2. The molecule has 2 aromatic carbocycles. The predicted octanol–water partition coefficient (Wildman–Crippen LogP) is 7.10. The quantitative estimate of drug-likeness (QED) is 0.288. The largest absolute Gasteiger partial charge is 0.115 e. The predicted molar refractivity (Wildman–Crippen MR) is 115 cm³/mol. The molecule has 24 heavy (non-hydrogen) atoms. The third-order valence-electron chi connectivity index (χ3n) is 4.40. The molecule has 0 atom stereocenters. The summed E-state index contributed by atoms with van der Waals surface area (Å²) in [5, 5.41) is 0. The first-order chi connectivity index (χ1) is 11.4. The minimum atomic E-state index is -0.934. The van der Waals surface area contributed by atoms with E-state index >= 15 is 0 Å². The van der Waals surface area contributed by atoms with Crippen LogP contribution >= 0.6 is 23.5 Å². The van der Waals surface area contributed by atoms with Crippen LogP contribution in [-0.2, 0) is 0 Å². The number of hydrogen-bond acceptors (Lipinski definition) is 2. The zero-order valence-electron chi connectivity index (χ0n) is 15.7.